The van der Waals surface area contributed by atoms with Crippen molar-refractivity contribution in [2.75, 3.05) is 13.2 Å². The fourth-order valence-electron chi connectivity index (χ4n) is 4.72. The van der Waals surface area contributed by atoms with Crippen molar-refractivity contribution in [3.05, 3.63) is 40.4 Å². The molecular formula is C21H26FN5O3. The van der Waals surface area contributed by atoms with E-state index in [9.17, 15) is 9.18 Å². The maximum Gasteiger partial charge on any atom is 0.336 e. The smallest absolute Gasteiger partial charge is 0.336 e. The summed E-state index contributed by atoms with van der Waals surface area (Å²) < 4.78 is 27.7. The fraction of sp³-hybridized carbons (Fsp3) is 0.571. The summed E-state index contributed by atoms with van der Waals surface area (Å²) >= 11 is 0. The maximum atomic E-state index is 13.9. The molecule has 0 radical (unpaired) electrons. The van der Waals surface area contributed by atoms with Crippen LogP contribution in [0.25, 0.3) is 17.0 Å². The van der Waals surface area contributed by atoms with Crippen LogP contribution in [-0.4, -0.2) is 44.6 Å². The molecule has 1 N–H and O–H groups in total. The van der Waals surface area contributed by atoms with Crippen molar-refractivity contribution in [1.82, 2.24) is 24.6 Å². The number of fused-ring (bicyclic) bond motifs is 1. The molecule has 1 saturated heterocycles. The third-order valence-electron chi connectivity index (χ3n) is 6.32. The number of ether oxygens (including phenoxy) is 1. The number of hydrogen-bond acceptors (Lipinski definition) is 6. The molecule has 1 aliphatic heterocycles. The summed E-state index contributed by atoms with van der Waals surface area (Å²) in [7, 11) is 0. The number of hydrogen-bond donors (Lipinski definition) is 1. The highest BCUT2D eigenvalue weighted by molar-refractivity contribution is 5.77. The van der Waals surface area contributed by atoms with E-state index in [0.29, 0.717) is 35.6 Å². The van der Waals surface area contributed by atoms with E-state index in [-0.39, 0.29) is 17.6 Å². The predicted octanol–water partition coefficient (Wildman–Crippen LogP) is 2.74. The summed E-state index contributed by atoms with van der Waals surface area (Å²) in [6, 6.07) is 5.25. The number of nitrogens with one attached hydrogen (secondary N) is 1. The van der Waals surface area contributed by atoms with E-state index in [1.54, 1.807) is 10.6 Å². The van der Waals surface area contributed by atoms with Gasteiger partial charge in [-0.05, 0) is 56.3 Å². The van der Waals surface area contributed by atoms with Gasteiger partial charge >= 0.3 is 5.69 Å². The number of halogens is 1. The van der Waals surface area contributed by atoms with E-state index < -0.39 is 5.82 Å². The van der Waals surface area contributed by atoms with Crippen LogP contribution < -0.4 is 11.0 Å². The number of rotatable bonds is 5. The zero-order valence-corrected chi connectivity index (χ0v) is 17.0. The van der Waals surface area contributed by atoms with Crippen LogP contribution in [-0.2, 0) is 11.3 Å². The van der Waals surface area contributed by atoms with Gasteiger partial charge in [0.25, 0.3) is 5.95 Å². The van der Waals surface area contributed by atoms with Gasteiger partial charge in [0.2, 0.25) is 5.89 Å². The number of benzene rings is 1. The minimum Gasteiger partial charge on any atom is -0.380 e. The largest absolute Gasteiger partial charge is 0.380 e. The van der Waals surface area contributed by atoms with Gasteiger partial charge in [-0.3, -0.25) is 4.57 Å². The topological polar surface area (TPSA) is 87.1 Å². The summed E-state index contributed by atoms with van der Waals surface area (Å²) in [5.74, 6) is 0.484. The van der Waals surface area contributed by atoms with Crippen LogP contribution in [0.1, 0.15) is 50.8 Å². The first kappa shape index (κ1) is 19.4. The van der Waals surface area contributed by atoms with Crippen LogP contribution >= 0.6 is 0 Å². The summed E-state index contributed by atoms with van der Waals surface area (Å²) in [4.78, 5) is 17.4. The minimum absolute atomic E-state index is 0.168. The van der Waals surface area contributed by atoms with E-state index >= 15 is 0 Å². The fourth-order valence-corrected chi connectivity index (χ4v) is 4.72. The summed E-state index contributed by atoms with van der Waals surface area (Å²) in [5.41, 5.74) is 0.802. The molecule has 2 aromatic heterocycles. The molecule has 1 saturated carbocycles. The summed E-state index contributed by atoms with van der Waals surface area (Å²) in [6.07, 6.45) is 5.06. The summed E-state index contributed by atoms with van der Waals surface area (Å²) in [5, 5.41) is 7.75. The van der Waals surface area contributed by atoms with Crippen molar-refractivity contribution in [3.63, 3.8) is 0 Å². The second kappa shape index (κ2) is 7.96. The van der Waals surface area contributed by atoms with Crippen LogP contribution in [0.5, 0.6) is 0 Å². The van der Waals surface area contributed by atoms with Gasteiger partial charge in [-0.1, -0.05) is 0 Å². The Morgan fingerprint density at radius 3 is 2.73 bits per heavy atom. The van der Waals surface area contributed by atoms with Crippen molar-refractivity contribution in [2.24, 2.45) is 0 Å². The number of aryl methyl sites for hydroxylation is 1. The first-order valence-electron chi connectivity index (χ1n) is 10.7. The van der Waals surface area contributed by atoms with Crippen molar-refractivity contribution >= 4 is 11.0 Å². The lowest BCUT2D eigenvalue weighted by Crippen LogP contribution is -2.40. The van der Waals surface area contributed by atoms with E-state index in [1.807, 2.05) is 6.92 Å². The Balaban J connectivity index is 1.36. The van der Waals surface area contributed by atoms with Gasteiger partial charge in [-0.2, -0.15) is 4.98 Å². The van der Waals surface area contributed by atoms with Crippen LogP contribution in [0.4, 0.5) is 4.39 Å². The SMILES string of the molecule is CCn1c(=O)n(-c2noc(C3CCC(NC4CCOC4)CC3)n2)c2cc(F)ccc21. The lowest BCUT2D eigenvalue weighted by molar-refractivity contribution is 0.184. The zero-order chi connectivity index (χ0) is 20.7. The Morgan fingerprint density at radius 2 is 2.00 bits per heavy atom. The standard InChI is InChI=1S/C21H26FN5O3/c1-2-26-17-8-5-14(22)11-18(17)27(21(26)28)20-24-19(30-25-20)13-3-6-15(7-4-13)23-16-9-10-29-12-16/h5,8,11,13,15-16,23H,2-4,6-7,9-10,12H2,1H3. The molecule has 1 aromatic carbocycles. The van der Waals surface area contributed by atoms with Crippen LogP contribution in [0.15, 0.2) is 27.5 Å². The molecule has 2 aliphatic rings. The molecule has 0 amide bonds. The first-order chi connectivity index (χ1) is 14.6. The minimum atomic E-state index is -0.410. The first-order valence-corrected chi connectivity index (χ1v) is 10.7. The molecule has 160 valence electrons. The third-order valence-corrected chi connectivity index (χ3v) is 6.32. The molecule has 1 atom stereocenters. The molecule has 3 heterocycles. The van der Waals surface area contributed by atoms with Crippen LogP contribution in [0.2, 0.25) is 0 Å². The Morgan fingerprint density at radius 1 is 1.17 bits per heavy atom. The normalized spacial score (nSPS) is 24.7. The number of nitrogens with zero attached hydrogens (tertiary/aromatic N) is 4. The van der Waals surface area contributed by atoms with Gasteiger partial charge in [0, 0.05) is 37.2 Å². The van der Waals surface area contributed by atoms with E-state index in [0.717, 1.165) is 45.3 Å². The Bertz CT molecular complexity index is 1090. The molecule has 5 rings (SSSR count). The monoisotopic (exact) mass is 415 g/mol. The van der Waals surface area contributed by atoms with E-state index in [4.69, 9.17) is 9.26 Å². The molecule has 1 aliphatic carbocycles. The van der Waals surface area contributed by atoms with E-state index in [2.05, 4.69) is 15.5 Å². The molecule has 3 aromatic rings. The molecular weight excluding hydrogens is 389 g/mol. The van der Waals surface area contributed by atoms with Gasteiger partial charge in [0.05, 0.1) is 17.6 Å². The van der Waals surface area contributed by atoms with Crippen molar-refractivity contribution < 1.29 is 13.7 Å². The van der Waals surface area contributed by atoms with Crippen molar-refractivity contribution in [3.8, 4) is 5.95 Å². The Labute approximate surface area is 173 Å². The highest BCUT2D eigenvalue weighted by Gasteiger charge is 2.29. The van der Waals surface area contributed by atoms with Crippen LogP contribution in [0, 0.1) is 5.82 Å². The highest BCUT2D eigenvalue weighted by Crippen LogP contribution is 2.33. The average Bonchev–Trinajstić information content (AvgIpc) is 3.48. The van der Waals surface area contributed by atoms with Crippen molar-refractivity contribution in [1.29, 1.82) is 0 Å². The highest BCUT2D eigenvalue weighted by atomic mass is 19.1. The predicted molar refractivity (Wildman–Crippen MR) is 108 cm³/mol. The summed E-state index contributed by atoms with van der Waals surface area (Å²) in [6.45, 7) is 3.99. The van der Waals surface area contributed by atoms with Crippen LogP contribution in [0.3, 0.4) is 0 Å². The maximum absolute atomic E-state index is 13.9. The second-order valence-electron chi connectivity index (χ2n) is 8.20. The van der Waals surface area contributed by atoms with Gasteiger partial charge in [-0.15, -0.1) is 0 Å². The molecule has 30 heavy (non-hydrogen) atoms. The van der Waals surface area contributed by atoms with Gasteiger partial charge in [0.1, 0.15) is 5.82 Å². The average molecular weight is 415 g/mol. The quantitative estimate of drug-likeness (QED) is 0.690. The third kappa shape index (κ3) is 3.45. The van der Waals surface area contributed by atoms with Gasteiger partial charge < -0.3 is 14.6 Å². The zero-order valence-electron chi connectivity index (χ0n) is 17.0. The molecule has 2 fully saturated rings. The van der Waals surface area contributed by atoms with Gasteiger partial charge in [0.15, 0.2) is 0 Å². The second-order valence-corrected chi connectivity index (χ2v) is 8.20. The molecule has 8 nitrogen and oxygen atoms in total. The Kier molecular flexibility index (Phi) is 5.16. The lowest BCUT2D eigenvalue weighted by atomic mass is 9.85. The van der Waals surface area contributed by atoms with E-state index in [1.165, 1.54) is 16.7 Å². The molecule has 0 spiro atoms. The number of imidazole rings is 1. The molecule has 0 bridgehead atoms. The lowest BCUT2D eigenvalue weighted by Gasteiger charge is -2.29. The molecule has 9 heteroatoms. The number of aromatic nitrogens is 4. The Hall–Kier alpha value is -2.52. The molecule has 1 unspecified atom stereocenters. The van der Waals surface area contributed by atoms with Crippen molar-refractivity contribution in [2.45, 2.75) is 63.6 Å². The van der Waals surface area contributed by atoms with Gasteiger partial charge in [-0.25, -0.2) is 13.8 Å².